The summed E-state index contributed by atoms with van der Waals surface area (Å²) in [5.74, 6) is 1.24. The van der Waals surface area contributed by atoms with Gasteiger partial charge in [-0.3, -0.25) is 4.79 Å². The topological polar surface area (TPSA) is 126 Å². The number of amides is 1. The van der Waals surface area contributed by atoms with Crippen molar-refractivity contribution < 1.29 is 24.3 Å². The van der Waals surface area contributed by atoms with Crippen LogP contribution in [0.3, 0.4) is 0 Å². The summed E-state index contributed by atoms with van der Waals surface area (Å²) in [5, 5.41) is 22.2. The Balaban J connectivity index is 0.000000589. The van der Waals surface area contributed by atoms with Gasteiger partial charge in [0.2, 0.25) is 11.7 Å². The van der Waals surface area contributed by atoms with E-state index in [9.17, 15) is 4.79 Å². The zero-order valence-electron chi connectivity index (χ0n) is 17.4. The van der Waals surface area contributed by atoms with Crippen molar-refractivity contribution in [3.63, 3.8) is 0 Å². The van der Waals surface area contributed by atoms with Gasteiger partial charge in [0.15, 0.2) is 0 Å². The maximum Gasteiger partial charge on any atom is 0.503 e. The van der Waals surface area contributed by atoms with Crippen molar-refractivity contribution in [2.45, 2.75) is 71.1 Å². The van der Waals surface area contributed by atoms with E-state index in [0.29, 0.717) is 11.7 Å². The number of thiophene rings is 1. The maximum absolute atomic E-state index is 12.6. The normalized spacial score (nSPS) is 15.6. The van der Waals surface area contributed by atoms with Crippen molar-refractivity contribution in [2.24, 2.45) is 0 Å². The molecule has 1 amide bonds. The monoisotopic (exact) mass is 433 g/mol. The summed E-state index contributed by atoms with van der Waals surface area (Å²) in [4.78, 5) is 27.2. The maximum atomic E-state index is 12.6. The highest BCUT2D eigenvalue weighted by molar-refractivity contribution is 7.17. The number of nitrogens with zero attached hydrogens (tertiary/aromatic N) is 2. The summed E-state index contributed by atoms with van der Waals surface area (Å²) in [7, 11) is 0. The zero-order valence-corrected chi connectivity index (χ0v) is 18.3. The molecule has 8 nitrogen and oxygen atoms in total. The van der Waals surface area contributed by atoms with Crippen LogP contribution in [0.4, 0.5) is 9.80 Å². The minimum absolute atomic E-state index is 0.0156. The van der Waals surface area contributed by atoms with Gasteiger partial charge in [-0.05, 0) is 50.5 Å². The first-order valence-corrected chi connectivity index (χ1v) is 10.9. The molecule has 2 aliphatic rings. The van der Waals surface area contributed by atoms with Gasteiger partial charge in [-0.15, -0.1) is 11.3 Å². The molecule has 0 saturated carbocycles. The highest BCUT2D eigenvalue weighted by Gasteiger charge is 2.29. The molecule has 2 aromatic rings. The number of rotatable bonds is 3. The number of carbonyl (C=O) groups excluding carboxylic acids is 1. The second kappa shape index (κ2) is 8.99. The van der Waals surface area contributed by atoms with Crippen LogP contribution in [0.2, 0.25) is 0 Å². The quantitative estimate of drug-likeness (QED) is 0.604. The van der Waals surface area contributed by atoms with E-state index < -0.39 is 6.16 Å². The van der Waals surface area contributed by atoms with E-state index in [1.807, 2.05) is 0 Å². The van der Waals surface area contributed by atoms with Gasteiger partial charge in [-0.25, -0.2) is 4.79 Å². The van der Waals surface area contributed by atoms with Crippen LogP contribution in [0.5, 0.6) is 0 Å². The van der Waals surface area contributed by atoms with Crippen LogP contribution in [-0.4, -0.2) is 32.4 Å². The van der Waals surface area contributed by atoms with Gasteiger partial charge >= 0.3 is 6.16 Å². The van der Waals surface area contributed by atoms with Crippen molar-refractivity contribution in [1.29, 1.82) is 0 Å². The standard InChI is InChI=1S/C20H25N3O2S.CH2O3/c1-20(2,3)19-21-16(23-25-19)15-13-10-6-7-11-14(13)26-18(15)22-17(24)12-8-4-5-9-12;2-1(3)4/h8H,4-7,9-11H2,1-3H3,(H,22,24);(H2,2,3,4). The Morgan fingerprint density at radius 1 is 1.13 bits per heavy atom. The number of fused-ring (bicyclic) bond motifs is 1. The van der Waals surface area contributed by atoms with Crippen molar-refractivity contribution in [2.75, 3.05) is 5.32 Å². The molecule has 2 aromatic heterocycles. The molecule has 0 aliphatic heterocycles. The van der Waals surface area contributed by atoms with Crippen LogP contribution in [-0.2, 0) is 23.1 Å². The summed E-state index contributed by atoms with van der Waals surface area (Å²) in [6, 6.07) is 0. The Labute approximate surface area is 179 Å². The molecule has 30 heavy (non-hydrogen) atoms. The molecule has 0 aromatic carbocycles. The number of anilines is 1. The minimum Gasteiger partial charge on any atom is -0.450 e. The molecule has 0 fully saturated rings. The molecule has 4 rings (SSSR count). The largest absolute Gasteiger partial charge is 0.503 e. The van der Waals surface area contributed by atoms with Crippen molar-refractivity contribution in [3.8, 4) is 11.4 Å². The van der Waals surface area contributed by atoms with E-state index in [4.69, 9.17) is 19.5 Å². The van der Waals surface area contributed by atoms with Gasteiger partial charge in [0, 0.05) is 15.9 Å². The number of aromatic nitrogens is 2. The van der Waals surface area contributed by atoms with Crippen LogP contribution in [0.1, 0.15) is 69.2 Å². The lowest BCUT2D eigenvalue weighted by atomic mass is 9.95. The van der Waals surface area contributed by atoms with E-state index >= 15 is 0 Å². The minimum atomic E-state index is -1.83. The molecule has 9 heteroatoms. The number of allylic oxidation sites excluding steroid dienone is 1. The van der Waals surface area contributed by atoms with Crippen LogP contribution >= 0.6 is 11.3 Å². The third-order valence-corrected chi connectivity index (χ3v) is 6.23. The van der Waals surface area contributed by atoms with E-state index in [0.717, 1.165) is 48.2 Å². The van der Waals surface area contributed by atoms with Gasteiger partial charge in [0.05, 0.1) is 5.56 Å². The number of carbonyl (C=O) groups is 2. The highest BCUT2D eigenvalue weighted by Crippen LogP contribution is 2.44. The average Bonchev–Trinajstić information content (AvgIpc) is 3.39. The summed E-state index contributed by atoms with van der Waals surface area (Å²) in [6.07, 6.45) is 7.59. The fourth-order valence-electron chi connectivity index (χ4n) is 3.58. The summed E-state index contributed by atoms with van der Waals surface area (Å²) < 4.78 is 5.52. The molecule has 0 bridgehead atoms. The van der Waals surface area contributed by atoms with Crippen LogP contribution in [0.25, 0.3) is 11.4 Å². The lowest BCUT2D eigenvalue weighted by molar-refractivity contribution is -0.112. The van der Waals surface area contributed by atoms with Gasteiger partial charge < -0.3 is 20.1 Å². The Bertz CT molecular complexity index is 964. The highest BCUT2D eigenvalue weighted by atomic mass is 32.1. The number of aryl methyl sites for hydroxylation is 1. The third-order valence-electron chi connectivity index (χ3n) is 5.02. The van der Waals surface area contributed by atoms with Gasteiger partial charge in [-0.2, -0.15) is 4.98 Å². The fraction of sp³-hybridized carbons (Fsp3) is 0.524. The van der Waals surface area contributed by atoms with Crippen molar-refractivity contribution >= 4 is 28.4 Å². The lowest BCUT2D eigenvalue weighted by Gasteiger charge is -2.12. The molecular weight excluding hydrogens is 406 g/mol. The van der Waals surface area contributed by atoms with Gasteiger partial charge in [0.25, 0.3) is 5.91 Å². The van der Waals surface area contributed by atoms with Crippen LogP contribution in [0.15, 0.2) is 16.2 Å². The second-order valence-corrected chi connectivity index (χ2v) is 9.55. The molecule has 162 valence electrons. The third kappa shape index (κ3) is 5.08. The van der Waals surface area contributed by atoms with E-state index in [2.05, 4.69) is 42.3 Å². The SMILES string of the molecule is CC(C)(C)c1nc(-c2c(NC(=O)C3=CCCC3)sc3c2CCCC3)no1.O=C(O)O. The van der Waals surface area contributed by atoms with Gasteiger partial charge in [0.1, 0.15) is 5.00 Å². The smallest absolute Gasteiger partial charge is 0.450 e. The first-order chi connectivity index (χ1) is 14.2. The fourth-order valence-corrected chi connectivity index (χ4v) is 4.86. The van der Waals surface area contributed by atoms with Crippen molar-refractivity contribution in [1.82, 2.24) is 10.1 Å². The number of hydrogen-bond acceptors (Lipinski definition) is 6. The summed E-state index contributed by atoms with van der Waals surface area (Å²) >= 11 is 1.68. The second-order valence-electron chi connectivity index (χ2n) is 8.45. The molecule has 0 atom stereocenters. The average molecular weight is 434 g/mol. The number of carboxylic acid groups (broad SMARTS) is 2. The molecule has 0 spiro atoms. The molecule has 0 saturated heterocycles. The Morgan fingerprint density at radius 2 is 1.83 bits per heavy atom. The van der Waals surface area contributed by atoms with E-state index in [1.165, 1.54) is 23.3 Å². The molecule has 3 N–H and O–H groups in total. The first-order valence-electron chi connectivity index (χ1n) is 10.1. The number of nitrogens with one attached hydrogen (secondary N) is 1. The lowest BCUT2D eigenvalue weighted by Crippen LogP contribution is -2.13. The predicted molar refractivity (Wildman–Crippen MR) is 114 cm³/mol. The Hall–Kier alpha value is -2.68. The van der Waals surface area contributed by atoms with Crippen LogP contribution < -0.4 is 5.32 Å². The number of hydrogen-bond donors (Lipinski definition) is 3. The van der Waals surface area contributed by atoms with Crippen LogP contribution in [0, 0.1) is 0 Å². The van der Waals surface area contributed by atoms with E-state index in [-0.39, 0.29) is 11.3 Å². The Morgan fingerprint density at radius 3 is 2.43 bits per heavy atom. The van der Waals surface area contributed by atoms with Crippen molar-refractivity contribution in [3.05, 3.63) is 28.0 Å². The summed E-state index contributed by atoms with van der Waals surface area (Å²) in [5.41, 5.74) is 2.96. The Kier molecular flexibility index (Phi) is 6.60. The molecule has 0 radical (unpaired) electrons. The molecule has 2 heterocycles. The zero-order chi connectivity index (χ0) is 21.9. The summed E-state index contributed by atoms with van der Waals surface area (Å²) in [6.45, 7) is 6.17. The van der Waals surface area contributed by atoms with Gasteiger partial charge in [-0.1, -0.05) is 32.0 Å². The molecule has 0 unspecified atom stereocenters. The molecular formula is C21H27N3O5S. The first kappa shape index (κ1) is 22.0. The van der Waals surface area contributed by atoms with E-state index in [1.54, 1.807) is 11.3 Å². The molecule has 2 aliphatic carbocycles. The predicted octanol–water partition coefficient (Wildman–Crippen LogP) is 5.25.